The molecule has 1 fully saturated rings. The SMILES string of the molecule is C#CC#CC#CC#CC#CC#CC#CC#COC(=O)c1ccc(OC)c(NC(=O)C(C(=O)C(C)(C)C)N2C(=O)NC(C)(C)C2=O)c1. The number of rotatable bonds is 6. The average molecular weight is 612 g/mol. The van der Waals surface area contributed by atoms with Gasteiger partial charge in [-0.05, 0) is 73.5 Å². The highest BCUT2D eigenvalue weighted by molar-refractivity contribution is 6.20. The van der Waals surface area contributed by atoms with Gasteiger partial charge in [-0.25, -0.2) is 14.5 Å². The van der Waals surface area contributed by atoms with Gasteiger partial charge >= 0.3 is 12.0 Å². The van der Waals surface area contributed by atoms with Gasteiger partial charge in [-0.2, -0.15) is 0 Å². The Morgan fingerprint density at radius 1 is 0.891 bits per heavy atom. The normalized spacial score (nSPS) is 12.3. The van der Waals surface area contributed by atoms with Crippen molar-refractivity contribution in [2.75, 3.05) is 12.4 Å². The van der Waals surface area contributed by atoms with Gasteiger partial charge in [-0.1, -0.05) is 20.8 Å². The van der Waals surface area contributed by atoms with E-state index in [1.807, 2.05) is 0 Å². The zero-order chi connectivity index (χ0) is 34.3. The summed E-state index contributed by atoms with van der Waals surface area (Å²) in [6.45, 7) is 7.57. The van der Waals surface area contributed by atoms with Crippen LogP contribution in [0, 0.1) is 101 Å². The summed E-state index contributed by atoms with van der Waals surface area (Å²) in [5, 5.41) is 4.97. The molecule has 0 radical (unpaired) electrons. The van der Waals surface area contributed by atoms with Crippen LogP contribution in [0.3, 0.4) is 0 Å². The smallest absolute Gasteiger partial charge is 0.352 e. The van der Waals surface area contributed by atoms with Crippen LogP contribution in [0.4, 0.5) is 10.5 Å². The molecule has 46 heavy (non-hydrogen) atoms. The summed E-state index contributed by atoms with van der Waals surface area (Å²) in [4.78, 5) is 65.7. The van der Waals surface area contributed by atoms with Crippen molar-refractivity contribution in [1.29, 1.82) is 0 Å². The van der Waals surface area contributed by atoms with Gasteiger partial charge in [0, 0.05) is 46.9 Å². The van der Waals surface area contributed by atoms with Crippen molar-refractivity contribution in [1.82, 2.24) is 10.2 Å². The van der Waals surface area contributed by atoms with Crippen LogP contribution < -0.4 is 15.4 Å². The number of nitrogens with one attached hydrogen (secondary N) is 2. The second kappa shape index (κ2) is 16.0. The lowest BCUT2D eigenvalue weighted by molar-refractivity contribution is -0.144. The standard InChI is InChI=1S/C36H25N3O7/c1-8-9-10-11-12-13-14-15-16-17-18-19-20-21-24-46-32(42)26-22-23-28(45-7)27(25-26)37-31(41)29(30(40)35(2,3)4)39-33(43)36(5,6)38-34(39)44/h1,22-23,25,29H,2-7H3,(H,37,41)(H,38,44). The first-order chi connectivity index (χ1) is 21.7. The molecular formula is C36H25N3O7. The molecule has 2 N–H and O–H groups in total. The van der Waals surface area contributed by atoms with Crippen molar-refractivity contribution < 1.29 is 33.4 Å². The molecule has 0 saturated carbocycles. The number of esters is 1. The molecule has 1 unspecified atom stereocenters. The number of imide groups is 1. The lowest BCUT2D eigenvalue weighted by atomic mass is 9.85. The van der Waals surface area contributed by atoms with Crippen LogP contribution in [0.5, 0.6) is 5.75 Å². The van der Waals surface area contributed by atoms with Crippen LogP contribution in [0.25, 0.3) is 0 Å². The van der Waals surface area contributed by atoms with E-state index >= 15 is 0 Å². The van der Waals surface area contributed by atoms with Crippen molar-refractivity contribution in [3.05, 3.63) is 23.8 Å². The summed E-state index contributed by atoms with van der Waals surface area (Å²) < 4.78 is 10.2. The van der Waals surface area contributed by atoms with E-state index in [4.69, 9.17) is 15.9 Å². The number of anilines is 1. The molecule has 1 aliphatic rings. The third kappa shape index (κ3) is 9.81. The molecule has 0 aromatic heterocycles. The summed E-state index contributed by atoms with van der Waals surface area (Å²) in [7, 11) is 1.32. The number of hydrogen-bond donors (Lipinski definition) is 2. The lowest BCUT2D eigenvalue weighted by Gasteiger charge is -2.29. The molecule has 1 saturated heterocycles. The van der Waals surface area contributed by atoms with E-state index in [2.05, 4.69) is 99.6 Å². The van der Waals surface area contributed by atoms with Crippen molar-refractivity contribution in [3.63, 3.8) is 0 Å². The molecule has 1 heterocycles. The molecule has 1 atom stereocenters. The molecule has 4 amide bonds. The van der Waals surface area contributed by atoms with E-state index in [1.165, 1.54) is 39.2 Å². The molecule has 10 nitrogen and oxygen atoms in total. The number of Topliss-reactive ketones (excluding diaryl/α,β-unsaturated/α-hetero) is 1. The van der Waals surface area contributed by atoms with Crippen LogP contribution in [0.15, 0.2) is 18.2 Å². The second-order valence-electron chi connectivity index (χ2n) is 10.4. The predicted molar refractivity (Wildman–Crippen MR) is 168 cm³/mol. The van der Waals surface area contributed by atoms with Crippen LogP contribution in [-0.2, 0) is 19.1 Å². The van der Waals surface area contributed by atoms with Crippen LogP contribution in [0.1, 0.15) is 45.0 Å². The maximum atomic E-state index is 13.5. The van der Waals surface area contributed by atoms with Crippen LogP contribution in [-0.4, -0.2) is 53.2 Å². The van der Waals surface area contributed by atoms with E-state index in [0.717, 1.165) is 0 Å². The van der Waals surface area contributed by atoms with Gasteiger partial charge in [0.2, 0.25) is 0 Å². The van der Waals surface area contributed by atoms with E-state index in [0.29, 0.717) is 4.90 Å². The van der Waals surface area contributed by atoms with Crippen LogP contribution in [0.2, 0.25) is 0 Å². The highest BCUT2D eigenvalue weighted by Crippen LogP contribution is 2.29. The Balaban J connectivity index is 2.19. The monoisotopic (exact) mass is 611 g/mol. The molecular weight excluding hydrogens is 586 g/mol. The fraction of sp³-hybridized carbons (Fsp3) is 0.250. The van der Waals surface area contributed by atoms with E-state index in [-0.39, 0.29) is 17.0 Å². The fourth-order valence-electron chi connectivity index (χ4n) is 3.44. The number of methoxy groups -OCH3 is 1. The Morgan fingerprint density at radius 2 is 1.41 bits per heavy atom. The largest absolute Gasteiger partial charge is 0.495 e. The first-order valence-electron chi connectivity index (χ1n) is 13.1. The fourth-order valence-corrected chi connectivity index (χ4v) is 3.44. The molecule has 1 aromatic rings. The molecule has 1 aliphatic heterocycles. The minimum atomic E-state index is -1.81. The number of amides is 4. The quantitative estimate of drug-likeness (QED) is 0.217. The number of carbonyl (C=O) groups excluding carboxylic acids is 5. The van der Waals surface area contributed by atoms with Crippen LogP contribution >= 0.6 is 0 Å². The molecule has 226 valence electrons. The number of carbonyl (C=O) groups is 5. The van der Waals surface area contributed by atoms with Gasteiger partial charge in [0.1, 0.15) is 17.4 Å². The number of nitrogens with zero attached hydrogens (tertiary/aromatic N) is 1. The predicted octanol–water partition coefficient (Wildman–Crippen LogP) is 1.72. The first kappa shape index (κ1) is 35.2. The van der Waals surface area contributed by atoms with E-state index in [9.17, 15) is 24.0 Å². The van der Waals surface area contributed by atoms with Gasteiger partial charge in [0.05, 0.1) is 18.4 Å². The van der Waals surface area contributed by atoms with Crippen molar-refractivity contribution in [2.45, 2.75) is 46.2 Å². The third-order valence-corrected chi connectivity index (χ3v) is 5.60. The highest BCUT2D eigenvalue weighted by atomic mass is 16.5. The summed E-state index contributed by atoms with van der Waals surface area (Å²) in [5.41, 5.74) is -2.50. The van der Waals surface area contributed by atoms with Gasteiger partial charge in [0.15, 0.2) is 11.8 Å². The minimum absolute atomic E-state index is 0.0292. The summed E-state index contributed by atoms with van der Waals surface area (Å²) in [5.74, 6) is 30.1. The average Bonchev–Trinajstić information content (AvgIpc) is 3.20. The van der Waals surface area contributed by atoms with Gasteiger partial charge in [-0.3, -0.25) is 14.4 Å². The third-order valence-electron chi connectivity index (χ3n) is 5.60. The maximum absolute atomic E-state index is 13.5. The molecule has 2 rings (SSSR count). The first-order valence-corrected chi connectivity index (χ1v) is 13.1. The summed E-state index contributed by atoms with van der Waals surface area (Å²) in [6.07, 6.45) is 7.07. The lowest BCUT2D eigenvalue weighted by Crippen LogP contribution is -2.55. The zero-order valence-electron chi connectivity index (χ0n) is 25.7. The molecule has 1 aromatic carbocycles. The number of hydrogen-bond acceptors (Lipinski definition) is 7. The summed E-state index contributed by atoms with van der Waals surface area (Å²) >= 11 is 0. The Labute approximate surface area is 267 Å². The molecule has 0 spiro atoms. The zero-order valence-corrected chi connectivity index (χ0v) is 25.7. The van der Waals surface area contributed by atoms with Crippen molar-refractivity contribution in [2.24, 2.45) is 5.41 Å². The molecule has 0 aliphatic carbocycles. The Kier molecular flexibility index (Phi) is 12.3. The number of ether oxygens (including phenoxy) is 2. The molecule has 0 bridgehead atoms. The van der Waals surface area contributed by atoms with Gasteiger partial charge < -0.3 is 20.1 Å². The van der Waals surface area contributed by atoms with Crippen molar-refractivity contribution in [3.8, 4) is 101 Å². The number of ketones is 1. The number of terminal acetylenes is 1. The van der Waals surface area contributed by atoms with E-state index in [1.54, 1.807) is 20.8 Å². The minimum Gasteiger partial charge on any atom is -0.495 e. The van der Waals surface area contributed by atoms with Gasteiger partial charge in [0.25, 0.3) is 11.8 Å². The Bertz CT molecular complexity index is 1980. The Hall–Kier alpha value is -6.95. The van der Waals surface area contributed by atoms with Crippen molar-refractivity contribution >= 4 is 35.3 Å². The molecule has 10 heteroatoms. The Morgan fingerprint density at radius 3 is 1.87 bits per heavy atom. The maximum Gasteiger partial charge on any atom is 0.352 e. The highest BCUT2D eigenvalue weighted by Gasteiger charge is 2.53. The summed E-state index contributed by atoms with van der Waals surface area (Å²) in [6, 6.07) is 1.25. The van der Waals surface area contributed by atoms with E-state index < -0.39 is 46.6 Å². The topological polar surface area (TPSA) is 131 Å². The van der Waals surface area contributed by atoms with Gasteiger partial charge in [-0.15, -0.1) is 6.42 Å². The number of benzene rings is 1. The number of urea groups is 1. The second-order valence-corrected chi connectivity index (χ2v) is 10.4.